The van der Waals surface area contributed by atoms with Gasteiger partial charge in [0.1, 0.15) is 17.9 Å². The molecule has 274 valence electrons. The SMILES string of the molecule is CCC(CC(C)(C)c1ccccc1)C(=Nc1c(Cl)cccc1Cl)C(Cn1c(C)ccc1C)OC(c1c(C)cc(C)cc1C)c1c(C)cc(C)cc1C. The van der Waals surface area contributed by atoms with Crippen molar-refractivity contribution in [2.45, 2.75) is 113 Å². The van der Waals surface area contributed by atoms with E-state index in [4.69, 9.17) is 32.9 Å². The van der Waals surface area contributed by atoms with Crippen LogP contribution in [0.25, 0.3) is 0 Å². The molecule has 4 aromatic carbocycles. The number of hydrogen-bond donors (Lipinski definition) is 0. The quantitative estimate of drug-likeness (QED) is 0.111. The highest BCUT2D eigenvalue weighted by atomic mass is 35.5. The van der Waals surface area contributed by atoms with E-state index in [0.717, 1.165) is 18.6 Å². The van der Waals surface area contributed by atoms with Gasteiger partial charge in [0.25, 0.3) is 0 Å². The third-order valence-electron chi connectivity index (χ3n) is 10.8. The van der Waals surface area contributed by atoms with E-state index < -0.39 is 6.10 Å². The molecule has 0 aliphatic carbocycles. The zero-order chi connectivity index (χ0) is 37.9. The van der Waals surface area contributed by atoms with Crippen LogP contribution in [0, 0.1) is 61.3 Å². The zero-order valence-corrected chi connectivity index (χ0v) is 34.5. The van der Waals surface area contributed by atoms with Crippen molar-refractivity contribution < 1.29 is 4.74 Å². The third-order valence-corrected chi connectivity index (χ3v) is 11.4. The van der Waals surface area contributed by atoms with Gasteiger partial charge >= 0.3 is 0 Å². The number of hydrogen-bond acceptors (Lipinski definition) is 2. The molecule has 2 unspecified atom stereocenters. The van der Waals surface area contributed by atoms with Gasteiger partial charge in [-0.3, -0.25) is 4.99 Å². The van der Waals surface area contributed by atoms with Crippen LogP contribution in [0.5, 0.6) is 0 Å². The van der Waals surface area contributed by atoms with Gasteiger partial charge in [-0.1, -0.05) is 116 Å². The summed E-state index contributed by atoms with van der Waals surface area (Å²) in [6, 6.07) is 29.9. The first-order valence-electron chi connectivity index (χ1n) is 18.6. The summed E-state index contributed by atoms with van der Waals surface area (Å²) in [6.45, 7) is 25.1. The van der Waals surface area contributed by atoms with Gasteiger partial charge in [-0.15, -0.1) is 0 Å². The fourth-order valence-electron chi connectivity index (χ4n) is 8.25. The molecule has 0 N–H and O–H groups in total. The Hall–Kier alpha value is -3.63. The van der Waals surface area contributed by atoms with E-state index in [1.807, 2.05) is 18.2 Å². The maximum atomic E-state index is 7.79. The van der Waals surface area contributed by atoms with Gasteiger partial charge < -0.3 is 9.30 Å². The smallest absolute Gasteiger partial charge is 0.115 e. The van der Waals surface area contributed by atoms with Crippen molar-refractivity contribution in [3.63, 3.8) is 0 Å². The molecule has 5 heteroatoms. The lowest BCUT2D eigenvalue weighted by Gasteiger charge is -2.36. The highest BCUT2D eigenvalue weighted by Gasteiger charge is 2.35. The summed E-state index contributed by atoms with van der Waals surface area (Å²) in [7, 11) is 0. The Kier molecular flexibility index (Phi) is 12.6. The molecule has 0 bridgehead atoms. The van der Waals surface area contributed by atoms with E-state index in [1.165, 1.54) is 61.5 Å². The number of aromatic nitrogens is 1. The molecule has 0 fully saturated rings. The van der Waals surface area contributed by atoms with Crippen molar-refractivity contribution in [2.24, 2.45) is 10.9 Å². The van der Waals surface area contributed by atoms with Crippen LogP contribution in [0.15, 0.2) is 89.9 Å². The molecule has 0 radical (unpaired) electrons. The lowest BCUT2D eigenvalue weighted by atomic mass is 9.74. The minimum atomic E-state index is -0.418. The van der Waals surface area contributed by atoms with E-state index >= 15 is 0 Å². The molecule has 0 aliphatic heterocycles. The van der Waals surface area contributed by atoms with Crippen LogP contribution in [0.1, 0.15) is 101 Å². The summed E-state index contributed by atoms with van der Waals surface area (Å²) in [5.74, 6) is 0.0600. The minimum Gasteiger partial charge on any atom is -0.358 e. The number of aliphatic imine (C=N–C) groups is 1. The van der Waals surface area contributed by atoms with Crippen LogP contribution < -0.4 is 0 Å². The summed E-state index contributed by atoms with van der Waals surface area (Å²) >= 11 is 13.8. The van der Waals surface area contributed by atoms with Crippen LogP contribution in [0.4, 0.5) is 5.69 Å². The van der Waals surface area contributed by atoms with E-state index in [9.17, 15) is 0 Å². The minimum absolute atomic E-state index is 0.0600. The van der Waals surface area contributed by atoms with Crippen molar-refractivity contribution >= 4 is 34.6 Å². The number of halogens is 2. The van der Waals surface area contributed by atoms with E-state index in [1.54, 1.807) is 0 Å². The molecule has 0 saturated carbocycles. The summed E-state index contributed by atoms with van der Waals surface area (Å²) in [4.78, 5) is 5.52. The van der Waals surface area contributed by atoms with Crippen LogP contribution in [0.2, 0.25) is 10.0 Å². The molecule has 5 aromatic rings. The average Bonchev–Trinajstić information content (AvgIpc) is 3.38. The van der Waals surface area contributed by atoms with E-state index in [2.05, 4.69) is 147 Å². The number of nitrogens with zero attached hydrogens (tertiary/aromatic N) is 2. The van der Waals surface area contributed by atoms with Crippen LogP contribution >= 0.6 is 23.2 Å². The first-order valence-corrected chi connectivity index (χ1v) is 19.4. The lowest BCUT2D eigenvalue weighted by Crippen LogP contribution is -2.39. The second-order valence-corrected chi connectivity index (χ2v) is 16.3. The summed E-state index contributed by atoms with van der Waals surface area (Å²) < 4.78 is 10.2. The second kappa shape index (κ2) is 16.6. The number of ether oxygens (including phenoxy) is 1. The maximum Gasteiger partial charge on any atom is 0.115 e. The van der Waals surface area contributed by atoms with Crippen LogP contribution in [0.3, 0.4) is 0 Å². The molecule has 3 nitrogen and oxygen atoms in total. The molecule has 0 aliphatic rings. The normalized spacial score (nSPS) is 13.5. The fraction of sp³-hybridized carbons (Fsp3) is 0.383. The van der Waals surface area contributed by atoms with Gasteiger partial charge in [-0.25, -0.2) is 0 Å². The van der Waals surface area contributed by atoms with Crippen LogP contribution in [-0.2, 0) is 16.7 Å². The summed E-state index contributed by atoms with van der Waals surface area (Å²) in [5, 5.41) is 1.06. The second-order valence-electron chi connectivity index (χ2n) is 15.5. The maximum absolute atomic E-state index is 7.79. The standard InChI is InChI=1S/C47H56Cl2N2O/c1-12-37(27-47(10,11)38-17-14-13-15-18-38)44(50-45-39(48)19-16-20-40(45)49)41(28-51-35(8)21-22-36(51)9)52-46(42-31(4)23-29(2)24-32(42)5)43-33(6)25-30(3)26-34(43)7/h13-26,37,41,46H,12,27-28H2,1-11H3. The van der Waals surface area contributed by atoms with Gasteiger partial charge in [0, 0.05) is 17.3 Å². The summed E-state index contributed by atoms with van der Waals surface area (Å²) in [5.41, 5.74) is 14.9. The zero-order valence-electron chi connectivity index (χ0n) is 33.0. The molecule has 0 amide bonds. The Bertz CT molecular complexity index is 1910. The third kappa shape index (κ3) is 8.76. The number of benzene rings is 4. The molecule has 1 aromatic heterocycles. The van der Waals surface area contributed by atoms with E-state index in [0.29, 0.717) is 22.3 Å². The Labute approximate surface area is 323 Å². The molecule has 52 heavy (non-hydrogen) atoms. The highest BCUT2D eigenvalue weighted by Crippen LogP contribution is 2.41. The van der Waals surface area contributed by atoms with Gasteiger partial charge in [-0.2, -0.15) is 0 Å². The van der Waals surface area contributed by atoms with Crippen molar-refractivity contribution in [3.05, 3.63) is 156 Å². The van der Waals surface area contributed by atoms with Gasteiger partial charge in [-0.05, 0) is 137 Å². The Balaban J connectivity index is 1.80. The van der Waals surface area contributed by atoms with Crippen molar-refractivity contribution in [2.75, 3.05) is 0 Å². The Morgan fingerprint density at radius 2 is 1.17 bits per heavy atom. The number of rotatable bonds is 13. The summed E-state index contributed by atoms with van der Waals surface area (Å²) in [6.07, 6.45) is 0.984. The fourth-order valence-corrected chi connectivity index (χ4v) is 8.73. The van der Waals surface area contributed by atoms with Gasteiger partial charge in [0.15, 0.2) is 0 Å². The Morgan fingerprint density at radius 3 is 1.63 bits per heavy atom. The molecular formula is C47H56Cl2N2O. The number of aryl methyl sites for hydroxylation is 8. The van der Waals surface area contributed by atoms with Crippen LogP contribution in [-0.4, -0.2) is 16.4 Å². The average molecular weight is 736 g/mol. The largest absolute Gasteiger partial charge is 0.358 e. The molecule has 5 rings (SSSR count). The predicted octanol–water partition coefficient (Wildman–Crippen LogP) is 13.6. The Morgan fingerprint density at radius 1 is 0.692 bits per heavy atom. The molecule has 0 saturated heterocycles. The molecule has 0 spiro atoms. The number of para-hydroxylation sites is 1. The first kappa shape index (κ1) is 39.6. The van der Waals surface area contributed by atoms with E-state index in [-0.39, 0.29) is 17.4 Å². The van der Waals surface area contributed by atoms with Crippen molar-refractivity contribution in [1.29, 1.82) is 0 Å². The monoisotopic (exact) mass is 734 g/mol. The molecular weight excluding hydrogens is 679 g/mol. The van der Waals surface area contributed by atoms with Gasteiger partial charge in [0.05, 0.1) is 22.3 Å². The topological polar surface area (TPSA) is 26.5 Å². The lowest BCUT2D eigenvalue weighted by molar-refractivity contribution is 0.0330. The highest BCUT2D eigenvalue weighted by molar-refractivity contribution is 6.38. The first-order chi connectivity index (χ1) is 24.6. The van der Waals surface area contributed by atoms with Gasteiger partial charge in [0.2, 0.25) is 0 Å². The van der Waals surface area contributed by atoms with Crippen molar-refractivity contribution in [1.82, 2.24) is 4.57 Å². The predicted molar refractivity (Wildman–Crippen MR) is 223 cm³/mol. The molecule has 1 heterocycles. The molecule has 2 atom stereocenters. The van der Waals surface area contributed by atoms with Crippen molar-refractivity contribution in [3.8, 4) is 0 Å².